The van der Waals surface area contributed by atoms with E-state index in [9.17, 15) is 9.59 Å². The summed E-state index contributed by atoms with van der Waals surface area (Å²) in [5, 5.41) is 9.03. The minimum absolute atomic E-state index is 0.00933. The average Bonchev–Trinajstić information content (AvgIpc) is 3.13. The molecule has 114 valence electrons. The van der Waals surface area contributed by atoms with Crippen molar-refractivity contribution in [3.05, 3.63) is 0 Å². The van der Waals surface area contributed by atoms with Crippen molar-refractivity contribution < 1.29 is 19.4 Å². The molecule has 5 heteroatoms. The zero-order valence-corrected chi connectivity index (χ0v) is 12.3. The summed E-state index contributed by atoms with van der Waals surface area (Å²) >= 11 is 0. The number of hydrogen-bond donors (Lipinski definition) is 1. The van der Waals surface area contributed by atoms with E-state index in [0.29, 0.717) is 19.7 Å². The number of hydrogen-bond acceptors (Lipinski definition) is 3. The Labute approximate surface area is 120 Å². The summed E-state index contributed by atoms with van der Waals surface area (Å²) in [4.78, 5) is 24.8. The quantitative estimate of drug-likeness (QED) is 0.725. The predicted octanol–water partition coefficient (Wildman–Crippen LogP) is 1.91. The number of ether oxygens (including phenoxy) is 1. The Hall–Kier alpha value is -1.10. The number of piperidine rings is 1. The first-order valence-electron chi connectivity index (χ1n) is 7.67. The maximum Gasteiger partial charge on any atom is 0.307 e. The summed E-state index contributed by atoms with van der Waals surface area (Å²) in [6.45, 7) is 4.32. The molecule has 0 aromatic heterocycles. The van der Waals surface area contributed by atoms with Crippen LogP contribution in [0.15, 0.2) is 0 Å². The van der Waals surface area contributed by atoms with Gasteiger partial charge in [-0.15, -0.1) is 0 Å². The number of carbonyl (C=O) groups is 2. The minimum Gasteiger partial charge on any atom is -0.481 e. The molecule has 1 spiro atoms. The maximum absolute atomic E-state index is 12.0. The lowest BCUT2D eigenvalue weighted by Crippen LogP contribution is -2.41. The molecule has 1 amide bonds. The number of likely N-dealkylation sites (tertiary alicyclic amines) is 1. The number of unbranched alkanes of at least 4 members (excludes halogenated alkanes) is 2. The summed E-state index contributed by atoms with van der Waals surface area (Å²) in [6.07, 6.45) is 5.73. The van der Waals surface area contributed by atoms with Crippen LogP contribution >= 0.6 is 0 Å². The van der Waals surface area contributed by atoms with Gasteiger partial charge in [0.15, 0.2) is 0 Å². The van der Waals surface area contributed by atoms with Gasteiger partial charge >= 0.3 is 5.97 Å². The van der Waals surface area contributed by atoms with E-state index < -0.39 is 5.97 Å². The third kappa shape index (κ3) is 3.51. The standard InChI is InChI=1S/C15H25NO4/c1-2-3-4-9-20-11-13(17)16-7-5-15(6-8-16)10-12(15)14(18)19/h12H,2-11H2,1H3,(H,18,19). The average molecular weight is 283 g/mol. The Kier molecular flexibility index (Phi) is 5.02. The van der Waals surface area contributed by atoms with Gasteiger partial charge in [-0.25, -0.2) is 0 Å². The Morgan fingerprint density at radius 2 is 2.00 bits per heavy atom. The first-order valence-corrected chi connectivity index (χ1v) is 7.67. The van der Waals surface area contributed by atoms with Gasteiger partial charge in [-0.2, -0.15) is 0 Å². The molecule has 1 saturated heterocycles. The fourth-order valence-corrected chi connectivity index (χ4v) is 3.16. The van der Waals surface area contributed by atoms with Gasteiger partial charge in [-0.1, -0.05) is 19.8 Å². The molecule has 0 bridgehead atoms. The van der Waals surface area contributed by atoms with Crippen LogP contribution in [-0.2, 0) is 14.3 Å². The zero-order valence-electron chi connectivity index (χ0n) is 12.3. The smallest absolute Gasteiger partial charge is 0.307 e. The van der Waals surface area contributed by atoms with Crippen molar-refractivity contribution >= 4 is 11.9 Å². The van der Waals surface area contributed by atoms with Gasteiger partial charge in [0, 0.05) is 19.7 Å². The fraction of sp³-hybridized carbons (Fsp3) is 0.867. The summed E-state index contributed by atoms with van der Waals surface area (Å²) in [6, 6.07) is 0. The molecule has 0 aromatic carbocycles. The molecule has 2 rings (SSSR count). The van der Waals surface area contributed by atoms with E-state index in [-0.39, 0.29) is 23.8 Å². The third-order valence-corrected chi connectivity index (χ3v) is 4.72. The van der Waals surface area contributed by atoms with Gasteiger partial charge in [0.25, 0.3) is 0 Å². The predicted molar refractivity (Wildman–Crippen MR) is 74.3 cm³/mol. The van der Waals surface area contributed by atoms with Gasteiger partial charge in [0.05, 0.1) is 5.92 Å². The number of carboxylic acid groups (broad SMARTS) is 1. The zero-order chi connectivity index (χ0) is 14.6. The highest BCUT2D eigenvalue weighted by atomic mass is 16.5. The highest BCUT2D eigenvalue weighted by molar-refractivity contribution is 5.78. The Bertz CT molecular complexity index is 361. The van der Waals surface area contributed by atoms with Crippen LogP contribution in [0, 0.1) is 11.3 Å². The van der Waals surface area contributed by atoms with Crippen molar-refractivity contribution in [2.24, 2.45) is 11.3 Å². The SMILES string of the molecule is CCCCCOCC(=O)N1CCC2(CC1)CC2C(=O)O. The van der Waals surface area contributed by atoms with Crippen LogP contribution in [0.5, 0.6) is 0 Å². The van der Waals surface area contributed by atoms with Crippen LogP contribution in [-0.4, -0.2) is 48.2 Å². The highest BCUT2D eigenvalue weighted by Gasteiger charge is 2.59. The molecule has 1 aliphatic carbocycles. The first-order chi connectivity index (χ1) is 9.59. The van der Waals surface area contributed by atoms with Gasteiger partial charge in [0.2, 0.25) is 5.91 Å². The normalized spacial score (nSPS) is 23.9. The van der Waals surface area contributed by atoms with E-state index in [4.69, 9.17) is 9.84 Å². The molecule has 1 N–H and O–H groups in total. The molecule has 0 radical (unpaired) electrons. The molecular formula is C15H25NO4. The Morgan fingerprint density at radius 3 is 2.55 bits per heavy atom. The second-order valence-electron chi connectivity index (χ2n) is 6.10. The van der Waals surface area contributed by atoms with Gasteiger partial charge in [-0.3, -0.25) is 9.59 Å². The van der Waals surface area contributed by atoms with Crippen molar-refractivity contribution in [2.45, 2.75) is 45.4 Å². The van der Waals surface area contributed by atoms with E-state index in [1.54, 1.807) is 0 Å². The number of aliphatic carboxylic acids is 1. The Morgan fingerprint density at radius 1 is 1.30 bits per heavy atom. The van der Waals surface area contributed by atoms with Crippen molar-refractivity contribution in [1.82, 2.24) is 4.90 Å². The van der Waals surface area contributed by atoms with Crippen LogP contribution < -0.4 is 0 Å². The summed E-state index contributed by atoms with van der Waals surface area (Å²) in [5.74, 6) is -0.807. The molecule has 1 heterocycles. The van der Waals surface area contributed by atoms with E-state index in [2.05, 4.69) is 6.92 Å². The van der Waals surface area contributed by atoms with Crippen LogP contribution in [0.4, 0.5) is 0 Å². The van der Waals surface area contributed by atoms with Crippen LogP contribution in [0.2, 0.25) is 0 Å². The van der Waals surface area contributed by atoms with E-state index in [1.165, 1.54) is 0 Å². The van der Waals surface area contributed by atoms with E-state index in [0.717, 1.165) is 38.5 Å². The minimum atomic E-state index is -0.677. The number of carbonyl (C=O) groups excluding carboxylic acids is 1. The van der Waals surface area contributed by atoms with Crippen molar-refractivity contribution in [2.75, 3.05) is 26.3 Å². The summed E-state index contributed by atoms with van der Waals surface area (Å²) in [7, 11) is 0. The lowest BCUT2D eigenvalue weighted by Gasteiger charge is -2.32. The highest BCUT2D eigenvalue weighted by Crippen LogP contribution is 2.59. The molecular weight excluding hydrogens is 258 g/mol. The van der Waals surface area contributed by atoms with Crippen molar-refractivity contribution in [1.29, 1.82) is 0 Å². The molecule has 2 fully saturated rings. The number of carboxylic acids is 1. The van der Waals surface area contributed by atoms with Gasteiger partial charge in [0.1, 0.15) is 6.61 Å². The second-order valence-corrected chi connectivity index (χ2v) is 6.10. The van der Waals surface area contributed by atoms with Gasteiger partial charge < -0.3 is 14.7 Å². The number of rotatable bonds is 7. The second kappa shape index (κ2) is 6.57. The molecule has 1 aliphatic heterocycles. The lowest BCUT2D eigenvalue weighted by atomic mass is 9.91. The van der Waals surface area contributed by atoms with Gasteiger partial charge in [-0.05, 0) is 31.1 Å². The maximum atomic E-state index is 12.0. The van der Waals surface area contributed by atoms with Crippen molar-refractivity contribution in [3.8, 4) is 0 Å². The summed E-state index contributed by atoms with van der Waals surface area (Å²) in [5.41, 5.74) is -0.00933. The monoisotopic (exact) mass is 283 g/mol. The van der Waals surface area contributed by atoms with E-state index in [1.807, 2.05) is 4.90 Å². The molecule has 1 saturated carbocycles. The molecule has 0 aromatic rings. The number of nitrogens with zero attached hydrogens (tertiary/aromatic N) is 1. The fourth-order valence-electron chi connectivity index (χ4n) is 3.16. The summed E-state index contributed by atoms with van der Waals surface area (Å²) < 4.78 is 5.39. The van der Waals surface area contributed by atoms with Crippen molar-refractivity contribution in [3.63, 3.8) is 0 Å². The van der Waals surface area contributed by atoms with Crippen LogP contribution in [0.1, 0.15) is 45.4 Å². The Balaban J connectivity index is 1.64. The third-order valence-electron chi connectivity index (χ3n) is 4.72. The van der Waals surface area contributed by atoms with E-state index >= 15 is 0 Å². The van der Waals surface area contributed by atoms with Crippen LogP contribution in [0.25, 0.3) is 0 Å². The lowest BCUT2D eigenvalue weighted by molar-refractivity contribution is -0.140. The van der Waals surface area contributed by atoms with Crippen LogP contribution in [0.3, 0.4) is 0 Å². The molecule has 1 atom stereocenters. The molecule has 1 unspecified atom stereocenters. The topological polar surface area (TPSA) is 66.8 Å². The largest absolute Gasteiger partial charge is 0.481 e. The first kappa shape index (κ1) is 15.3. The molecule has 2 aliphatic rings. The molecule has 20 heavy (non-hydrogen) atoms. The number of amides is 1. The molecule has 5 nitrogen and oxygen atoms in total.